The maximum Gasteiger partial charge on any atom is 0.266 e. The summed E-state index contributed by atoms with van der Waals surface area (Å²) >= 11 is 5.11. The molecule has 3 fully saturated rings. The number of hydrogen-bond donors (Lipinski definition) is 0. The van der Waals surface area contributed by atoms with Gasteiger partial charge in [-0.15, -0.1) is 0 Å². The molecule has 0 atom stereocenters. The second-order valence-electron chi connectivity index (χ2n) is 9.85. The van der Waals surface area contributed by atoms with Gasteiger partial charge in [0.25, 0.3) is 5.91 Å². The van der Waals surface area contributed by atoms with Crippen LogP contribution in [0.5, 0.6) is 5.75 Å². The van der Waals surface area contributed by atoms with Crippen molar-refractivity contribution in [2.24, 2.45) is 4.99 Å². The molecule has 0 N–H and O–H groups in total. The maximum atomic E-state index is 13.9. The molecule has 3 aliphatic rings. The first kappa shape index (κ1) is 25.5. The van der Waals surface area contributed by atoms with Crippen LogP contribution in [-0.2, 0) is 11.4 Å². The van der Waals surface area contributed by atoms with Crippen molar-refractivity contribution in [3.63, 3.8) is 0 Å². The Morgan fingerprint density at radius 1 is 1.03 bits per heavy atom. The van der Waals surface area contributed by atoms with Crippen LogP contribution in [0.3, 0.4) is 0 Å². The molecule has 0 unspecified atom stereocenters. The Kier molecular flexibility index (Phi) is 8.47. The van der Waals surface area contributed by atoms with Crippen molar-refractivity contribution >= 4 is 44.8 Å². The number of amidine groups is 1. The first-order valence-corrected chi connectivity index (χ1v) is 14.7. The molecule has 0 spiro atoms. The van der Waals surface area contributed by atoms with E-state index < -0.39 is 0 Å². The van der Waals surface area contributed by atoms with Crippen LogP contribution >= 0.6 is 27.7 Å². The molecule has 2 aromatic rings. The Balaban J connectivity index is 1.34. The van der Waals surface area contributed by atoms with Crippen LogP contribution in [0, 0.1) is 5.82 Å². The van der Waals surface area contributed by atoms with Crippen molar-refractivity contribution in [2.75, 3.05) is 0 Å². The molecule has 2 saturated carbocycles. The summed E-state index contributed by atoms with van der Waals surface area (Å²) < 4.78 is 20.5. The topological polar surface area (TPSA) is 41.9 Å². The van der Waals surface area contributed by atoms with E-state index in [4.69, 9.17) is 9.73 Å². The van der Waals surface area contributed by atoms with Gasteiger partial charge in [0.05, 0.1) is 15.4 Å². The lowest BCUT2D eigenvalue weighted by molar-refractivity contribution is -0.124. The van der Waals surface area contributed by atoms with Crippen molar-refractivity contribution in [1.82, 2.24) is 4.90 Å². The zero-order chi connectivity index (χ0) is 24.9. The number of ether oxygens (including phenoxy) is 1. The number of benzene rings is 2. The Labute approximate surface area is 225 Å². The lowest BCUT2D eigenvalue weighted by atomic mass is 9.94. The van der Waals surface area contributed by atoms with Crippen LogP contribution in [-0.4, -0.2) is 28.1 Å². The van der Waals surface area contributed by atoms with Gasteiger partial charge in [-0.2, -0.15) is 0 Å². The molecule has 0 bridgehead atoms. The molecule has 190 valence electrons. The minimum absolute atomic E-state index is 0.0810. The minimum atomic E-state index is -0.278. The number of carbonyl (C=O) groups excluding carboxylic acids is 1. The summed E-state index contributed by atoms with van der Waals surface area (Å²) in [6.45, 7) is 0.150. The van der Waals surface area contributed by atoms with Gasteiger partial charge < -0.3 is 4.74 Å². The average Bonchev–Trinajstić information content (AvgIpc) is 3.19. The molecule has 7 heteroatoms. The van der Waals surface area contributed by atoms with E-state index in [-0.39, 0.29) is 24.4 Å². The van der Waals surface area contributed by atoms with E-state index in [9.17, 15) is 9.18 Å². The molecule has 1 aliphatic heterocycles. The number of amides is 1. The normalized spacial score (nSPS) is 22.1. The van der Waals surface area contributed by atoms with Crippen LogP contribution in [0.1, 0.15) is 75.3 Å². The van der Waals surface area contributed by atoms with E-state index >= 15 is 0 Å². The smallest absolute Gasteiger partial charge is 0.266 e. The molecule has 0 aromatic heterocycles. The number of halogens is 2. The Morgan fingerprint density at radius 3 is 2.47 bits per heavy atom. The molecule has 0 radical (unpaired) electrons. The minimum Gasteiger partial charge on any atom is -0.488 e. The van der Waals surface area contributed by atoms with Crippen LogP contribution in [0.25, 0.3) is 6.08 Å². The molecule has 1 saturated heterocycles. The predicted octanol–water partition coefficient (Wildman–Crippen LogP) is 8.10. The third-order valence-corrected chi connectivity index (χ3v) is 8.86. The molecule has 5 rings (SSSR count). The van der Waals surface area contributed by atoms with Crippen molar-refractivity contribution in [2.45, 2.75) is 82.9 Å². The number of carbonyl (C=O) groups is 1. The Bertz CT molecular complexity index is 1160. The summed E-state index contributed by atoms with van der Waals surface area (Å²) in [5, 5.41) is 0.897. The fourth-order valence-corrected chi connectivity index (χ4v) is 6.87. The zero-order valence-electron chi connectivity index (χ0n) is 20.4. The predicted molar refractivity (Wildman–Crippen MR) is 148 cm³/mol. The van der Waals surface area contributed by atoms with Gasteiger partial charge in [-0.1, -0.05) is 62.8 Å². The summed E-state index contributed by atoms with van der Waals surface area (Å²) in [6, 6.07) is 12.9. The first-order chi connectivity index (χ1) is 17.6. The average molecular weight is 572 g/mol. The van der Waals surface area contributed by atoms with Crippen molar-refractivity contribution < 1.29 is 13.9 Å². The quantitative estimate of drug-likeness (QED) is 0.329. The van der Waals surface area contributed by atoms with E-state index in [0.29, 0.717) is 17.4 Å². The molecule has 1 heterocycles. The highest BCUT2D eigenvalue weighted by molar-refractivity contribution is 9.10. The maximum absolute atomic E-state index is 13.9. The molecule has 2 aliphatic carbocycles. The molecule has 2 aromatic carbocycles. The molecule has 1 amide bonds. The summed E-state index contributed by atoms with van der Waals surface area (Å²) in [4.78, 5) is 21.4. The van der Waals surface area contributed by atoms with Gasteiger partial charge in [-0.3, -0.25) is 14.7 Å². The molecule has 36 heavy (non-hydrogen) atoms. The Morgan fingerprint density at radius 2 is 1.75 bits per heavy atom. The van der Waals surface area contributed by atoms with Crippen LogP contribution in [0.4, 0.5) is 4.39 Å². The van der Waals surface area contributed by atoms with Crippen molar-refractivity contribution in [3.05, 3.63) is 68.8 Å². The van der Waals surface area contributed by atoms with Crippen molar-refractivity contribution in [1.29, 1.82) is 0 Å². The lowest BCUT2D eigenvalue weighted by Crippen LogP contribution is -2.41. The van der Waals surface area contributed by atoms with E-state index in [1.54, 1.807) is 18.2 Å². The number of nitrogens with zero attached hydrogens (tertiary/aromatic N) is 2. The van der Waals surface area contributed by atoms with Gasteiger partial charge in [-0.25, -0.2) is 4.39 Å². The third-order valence-electron chi connectivity index (χ3n) is 7.24. The highest BCUT2D eigenvalue weighted by Gasteiger charge is 2.39. The number of rotatable bonds is 6. The summed E-state index contributed by atoms with van der Waals surface area (Å²) in [7, 11) is 0. The van der Waals surface area contributed by atoms with E-state index in [0.717, 1.165) is 45.8 Å². The first-order valence-electron chi connectivity index (χ1n) is 13.0. The van der Waals surface area contributed by atoms with Gasteiger partial charge in [0.2, 0.25) is 0 Å². The Hall–Kier alpha value is -2.12. The largest absolute Gasteiger partial charge is 0.488 e. The highest BCUT2D eigenvalue weighted by Crippen LogP contribution is 2.39. The fraction of sp³-hybridized carbons (Fsp3) is 0.448. The second-order valence-corrected chi connectivity index (χ2v) is 11.7. The molecule has 4 nitrogen and oxygen atoms in total. The standard InChI is InChI=1S/C29H32BrFN2O2S/c30-24-17-20(15-16-26(24)35-19-21-9-7-8-14-25(21)31)18-27-28(34)33(23-12-5-2-6-13-23)29(36-27)32-22-10-3-1-4-11-22/h7-9,14-18,22-23H,1-6,10-13,19H2. The SMILES string of the molecule is O=C1C(=Cc2ccc(OCc3ccccc3F)c(Br)c2)SC(=NC2CCCCC2)N1C1CCCCC1. The van der Waals surface area contributed by atoms with Gasteiger partial charge in [0.15, 0.2) is 5.17 Å². The molecular formula is C29H32BrFN2O2S. The van der Waals surface area contributed by atoms with Gasteiger partial charge >= 0.3 is 0 Å². The van der Waals surface area contributed by atoms with Crippen LogP contribution < -0.4 is 4.74 Å². The summed E-state index contributed by atoms with van der Waals surface area (Å²) in [6.07, 6.45) is 13.7. The van der Waals surface area contributed by atoms with E-state index in [1.807, 2.05) is 29.2 Å². The van der Waals surface area contributed by atoms with E-state index in [1.165, 1.54) is 56.4 Å². The third kappa shape index (κ3) is 6.05. The van der Waals surface area contributed by atoms with Crippen molar-refractivity contribution in [3.8, 4) is 5.75 Å². The second kappa shape index (κ2) is 12.0. The number of thioether (sulfide) groups is 1. The van der Waals surface area contributed by atoms with Crippen LogP contribution in [0.15, 0.2) is 56.8 Å². The van der Waals surface area contributed by atoms with Crippen LogP contribution in [0.2, 0.25) is 0 Å². The number of hydrogen-bond acceptors (Lipinski definition) is 4. The summed E-state index contributed by atoms with van der Waals surface area (Å²) in [5.74, 6) is 0.437. The monoisotopic (exact) mass is 570 g/mol. The van der Waals surface area contributed by atoms with Gasteiger partial charge in [0, 0.05) is 11.6 Å². The fourth-order valence-electron chi connectivity index (χ4n) is 5.25. The van der Waals surface area contributed by atoms with E-state index in [2.05, 4.69) is 15.9 Å². The zero-order valence-corrected chi connectivity index (χ0v) is 22.8. The summed E-state index contributed by atoms with van der Waals surface area (Å²) in [5.41, 5.74) is 1.43. The number of aliphatic imine (C=N–C) groups is 1. The lowest BCUT2D eigenvalue weighted by Gasteiger charge is -2.31. The van der Waals surface area contributed by atoms with Gasteiger partial charge in [-0.05, 0) is 83.2 Å². The highest BCUT2D eigenvalue weighted by atomic mass is 79.9. The van der Waals surface area contributed by atoms with Gasteiger partial charge in [0.1, 0.15) is 18.2 Å². The molecular weight excluding hydrogens is 539 g/mol.